The number of thioether (sulfide) groups is 1. The summed E-state index contributed by atoms with van der Waals surface area (Å²) in [6.07, 6.45) is 0.176. The molecule has 1 N–H and O–H groups in total. The lowest BCUT2D eigenvalue weighted by Crippen LogP contribution is -2.15. The van der Waals surface area contributed by atoms with E-state index in [1.807, 2.05) is 36.6 Å². The maximum Gasteiger partial charge on any atom is 0.230 e. The van der Waals surface area contributed by atoms with Gasteiger partial charge in [-0.3, -0.25) is 9.59 Å². The minimum Gasteiger partial charge on any atom is -0.325 e. The van der Waals surface area contributed by atoms with Gasteiger partial charge in [0.05, 0.1) is 17.9 Å². The predicted molar refractivity (Wildman–Crippen MR) is 112 cm³/mol. The standard InChI is InChI=1S/C20H17ClN2O2S2/c1-13-7-8-15(21)9-17(13)23-19(25)10-16-11-26-20(22-16)27-12-18(24)14-5-3-2-4-6-14/h2-9,11H,10,12H2,1H3,(H,23,25). The van der Waals surface area contributed by atoms with Crippen LogP contribution < -0.4 is 5.32 Å². The van der Waals surface area contributed by atoms with E-state index in [2.05, 4.69) is 10.3 Å². The first-order valence-electron chi connectivity index (χ1n) is 8.23. The Morgan fingerprint density at radius 1 is 1.19 bits per heavy atom. The van der Waals surface area contributed by atoms with Gasteiger partial charge in [-0.2, -0.15) is 0 Å². The van der Waals surface area contributed by atoms with Gasteiger partial charge in [0.25, 0.3) is 0 Å². The summed E-state index contributed by atoms with van der Waals surface area (Å²) < 4.78 is 0.779. The number of carbonyl (C=O) groups excluding carboxylic acids is 2. The summed E-state index contributed by atoms with van der Waals surface area (Å²) in [5.41, 5.74) is 3.03. The number of nitrogens with zero attached hydrogens (tertiary/aromatic N) is 1. The van der Waals surface area contributed by atoms with E-state index >= 15 is 0 Å². The van der Waals surface area contributed by atoms with Crippen molar-refractivity contribution in [1.29, 1.82) is 0 Å². The molecule has 1 aromatic heterocycles. The van der Waals surface area contributed by atoms with Crippen molar-refractivity contribution in [3.63, 3.8) is 0 Å². The summed E-state index contributed by atoms with van der Waals surface area (Å²) in [5, 5.41) is 5.28. The highest BCUT2D eigenvalue weighted by Crippen LogP contribution is 2.24. The Morgan fingerprint density at radius 2 is 1.96 bits per heavy atom. The fraction of sp³-hybridized carbons (Fsp3) is 0.150. The van der Waals surface area contributed by atoms with Gasteiger partial charge < -0.3 is 5.32 Å². The molecule has 0 spiro atoms. The van der Waals surface area contributed by atoms with Gasteiger partial charge in [-0.05, 0) is 24.6 Å². The van der Waals surface area contributed by atoms with E-state index in [4.69, 9.17) is 11.6 Å². The Bertz CT molecular complexity index is 958. The van der Waals surface area contributed by atoms with Crippen LogP contribution in [-0.2, 0) is 11.2 Å². The second-order valence-corrected chi connectivity index (χ2v) is 8.38. The zero-order valence-corrected chi connectivity index (χ0v) is 17.0. The van der Waals surface area contributed by atoms with E-state index < -0.39 is 0 Å². The number of aromatic nitrogens is 1. The number of hydrogen-bond donors (Lipinski definition) is 1. The Balaban J connectivity index is 1.54. The SMILES string of the molecule is Cc1ccc(Cl)cc1NC(=O)Cc1csc(SCC(=O)c2ccccc2)n1. The molecule has 4 nitrogen and oxygen atoms in total. The molecule has 0 aliphatic heterocycles. The van der Waals surface area contributed by atoms with Gasteiger partial charge in [0.1, 0.15) is 0 Å². The van der Waals surface area contributed by atoms with Gasteiger partial charge >= 0.3 is 0 Å². The number of halogens is 1. The van der Waals surface area contributed by atoms with Crippen molar-refractivity contribution in [2.45, 2.75) is 17.7 Å². The van der Waals surface area contributed by atoms with Gasteiger partial charge in [0, 0.05) is 21.7 Å². The number of ketones is 1. The molecule has 0 unspecified atom stereocenters. The third-order valence-electron chi connectivity index (χ3n) is 3.77. The van der Waals surface area contributed by atoms with Crippen molar-refractivity contribution < 1.29 is 9.59 Å². The minimum atomic E-state index is -0.150. The fourth-order valence-corrected chi connectivity index (χ4v) is 4.27. The van der Waals surface area contributed by atoms with Crippen LogP contribution in [0.3, 0.4) is 0 Å². The van der Waals surface area contributed by atoms with E-state index in [9.17, 15) is 9.59 Å². The lowest BCUT2D eigenvalue weighted by molar-refractivity contribution is -0.115. The number of hydrogen-bond acceptors (Lipinski definition) is 5. The molecular formula is C20H17ClN2O2S2. The van der Waals surface area contributed by atoms with Crippen LogP contribution in [0.5, 0.6) is 0 Å². The zero-order chi connectivity index (χ0) is 19.2. The van der Waals surface area contributed by atoms with Crippen molar-refractivity contribution in [3.05, 3.63) is 75.8 Å². The molecule has 0 aliphatic rings. The summed E-state index contributed by atoms with van der Waals surface area (Å²) in [5.74, 6) is 0.235. The second-order valence-electron chi connectivity index (χ2n) is 5.87. The third kappa shape index (κ3) is 5.66. The number of carbonyl (C=O) groups is 2. The van der Waals surface area contributed by atoms with Crippen LogP contribution in [0.2, 0.25) is 5.02 Å². The molecule has 1 heterocycles. The molecule has 0 radical (unpaired) electrons. The van der Waals surface area contributed by atoms with Gasteiger partial charge in [-0.15, -0.1) is 11.3 Å². The number of thiazole rings is 1. The number of Topliss-reactive ketones (excluding diaryl/α,β-unsaturated/α-hetero) is 1. The largest absolute Gasteiger partial charge is 0.325 e. The smallest absolute Gasteiger partial charge is 0.230 e. The molecule has 0 fully saturated rings. The monoisotopic (exact) mass is 416 g/mol. The molecule has 0 atom stereocenters. The highest BCUT2D eigenvalue weighted by Gasteiger charge is 2.12. The lowest BCUT2D eigenvalue weighted by Gasteiger charge is -2.08. The van der Waals surface area contributed by atoms with Gasteiger partial charge in [0.2, 0.25) is 5.91 Å². The van der Waals surface area contributed by atoms with Crippen LogP contribution in [0.15, 0.2) is 58.3 Å². The highest BCUT2D eigenvalue weighted by atomic mass is 35.5. The topological polar surface area (TPSA) is 59.1 Å². The molecule has 0 saturated carbocycles. The average Bonchev–Trinajstić information content (AvgIpc) is 3.10. The molecule has 7 heteroatoms. The number of rotatable bonds is 7. The normalized spacial score (nSPS) is 10.6. The summed E-state index contributed by atoms with van der Waals surface area (Å²) in [6, 6.07) is 14.6. The molecule has 0 saturated heterocycles. The maximum atomic E-state index is 12.3. The molecule has 138 valence electrons. The number of nitrogens with one attached hydrogen (secondary N) is 1. The quantitative estimate of drug-likeness (QED) is 0.421. The molecule has 0 aliphatic carbocycles. The summed E-state index contributed by atoms with van der Waals surface area (Å²) in [7, 11) is 0. The zero-order valence-electron chi connectivity index (χ0n) is 14.6. The molecule has 27 heavy (non-hydrogen) atoms. The maximum absolute atomic E-state index is 12.3. The average molecular weight is 417 g/mol. The van der Waals surface area contributed by atoms with Gasteiger partial charge in [-0.1, -0.05) is 59.8 Å². The van der Waals surface area contributed by atoms with E-state index in [0.717, 1.165) is 9.90 Å². The number of anilines is 1. The van der Waals surface area contributed by atoms with Crippen molar-refractivity contribution >= 4 is 52.1 Å². The van der Waals surface area contributed by atoms with E-state index in [1.165, 1.54) is 23.1 Å². The van der Waals surface area contributed by atoms with E-state index in [1.54, 1.807) is 24.3 Å². The van der Waals surface area contributed by atoms with Crippen molar-refractivity contribution in [2.24, 2.45) is 0 Å². The van der Waals surface area contributed by atoms with Gasteiger partial charge in [0.15, 0.2) is 10.1 Å². The summed E-state index contributed by atoms with van der Waals surface area (Å²) >= 11 is 8.80. The number of benzene rings is 2. The first kappa shape index (κ1) is 19.6. The van der Waals surface area contributed by atoms with Gasteiger partial charge in [-0.25, -0.2) is 4.98 Å². The molecule has 0 bridgehead atoms. The Morgan fingerprint density at radius 3 is 2.74 bits per heavy atom. The highest BCUT2D eigenvalue weighted by molar-refractivity contribution is 8.01. The Hall–Kier alpha value is -2.15. The molecule has 3 rings (SSSR count). The second kappa shape index (κ2) is 9.17. The Labute approximate surface area is 171 Å². The van der Waals surface area contributed by atoms with Crippen LogP contribution in [0.4, 0.5) is 5.69 Å². The van der Waals surface area contributed by atoms with Crippen molar-refractivity contribution in [3.8, 4) is 0 Å². The Kier molecular flexibility index (Phi) is 6.66. The first-order valence-corrected chi connectivity index (χ1v) is 10.5. The minimum absolute atomic E-state index is 0.0616. The van der Waals surface area contributed by atoms with E-state index in [0.29, 0.717) is 27.7 Å². The van der Waals surface area contributed by atoms with Crippen LogP contribution in [0.25, 0.3) is 0 Å². The van der Waals surface area contributed by atoms with Crippen molar-refractivity contribution in [1.82, 2.24) is 4.98 Å². The molecule has 2 aromatic carbocycles. The van der Waals surface area contributed by atoms with Crippen LogP contribution in [0, 0.1) is 6.92 Å². The van der Waals surface area contributed by atoms with Crippen LogP contribution in [-0.4, -0.2) is 22.4 Å². The van der Waals surface area contributed by atoms with Crippen LogP contribution >= 0.6 is 34.7 Å². The number of amides is 1. The third-order valence-corrected chi connectivity index (χ3v) is 6.07. The predicted octanol–water partition coefficient (Wildman–Crippen LogP) is 5.26. The van der Waals surface area contributed by atoms with Crippen molar-refractivity contribution in [2.75, 3.05) is 11.1 Å². The van der Waals surface area contributed by atoms with Crippen LogP contribution in [0.1, 0.15) is 21.6 Å². The molecular weight excluding hydrogens is 400 g/mol. The summed E-state index contributed by atoms with van der Waals surface area (Å²) in [4.78, 5) is 28.8. The number of aryl methyl sites for hydroxylation is 1. The molecule has 3 aromatic rings. The molecule has 1 amide bonds. The first-order chi connectivity index (χ1) is 13.0. The van der Waals surface area contributed by atoms with E-state index in [-0.39, 0.29) is 18.1 Å². The summed E-state index contributed by atoms with van der Waals surface area (Å²) in [6.45, 7) is 1.91. The fourth-order valence-electron chi connectivity index (χ4n) is 2.36. The lowest BCUT2D eigenvalue weighted by atomic mass is 10.2.